The van der Waals surface area contributed by atoms with Gasteiger partial charge in [0.05, 0.1) is 12.7 Å². The van der Waals surface area contributed by atoms with Gasteiger partial charge in [0, 0.05) is 16.3 Å². The van der Waals surface area contributed by atoms with Gasteiger partial charge in [0.25, 0.3) is 11.8 Å². The Morgan fingerprint density at radius 3 is 2.38 bits per heavy atom. The minimum atomic E-state index is -0.369. The fourth-order valence-electron chi connectivity index (χ4n) is 2.20. The van der Waals surface area contributed by atoms with Gasteiger partial charge in [-0.25, -0.2) is 4.68 Å². The van der Waals surface area contributed by atoms with Crippen molar-refractivity contribution >= 4 is 29.1 Å². The molecule has 0 aliphatic heterocycles. The Morgan fingerprint density at radius 2 is 1.73 bits per heavy atom. The molecule has 2 N–H and O–H groups in total. The molecule has 8 nitrogen and oxygen atoms in total. The lowest BCUT2D eigenvalue weighted by atomic mass is 10.1. The molecule has 0 aliphatic carbocycles. The molecule has 1 aromatic heterocycles. The van der Waals surface area contributed by atoms with E-state index in [1.54, 1.807) is 36.4 Å². The first-order valence-electron chi connectivity index (χ1n) is 7.48. The van der Waals surface area contributed by atoms with Gasteiger partial charge in [-0.1, -0.05) is 11.6 Å². The zero-order chi connectivity index (χ0) is 18.5. The van der Waals surface area contributed by atoms with Gasteiger partial charge in [-0.2, -0.15) is 0 Å². The average molecular weight is 372 g/mol. The van der Waals surface area contributed by atoms with Gasteiger partial charge in [-0.05, 0) is 42.5 Å². The summed E-state index contributed by atoms with van der Waals surface area (Å²) in [5.41, 5.74) is 3.83. The third-order valence-corrected chi connectivity index (χ3v) is 3.70. The Bertz CT molecular complexity index is 926. The first kappa shape index (κ1) is 17.4. The summed E-state index contributed by atoms with van der Waals surface area (Å²) in [6.45, 7) is 0. The van der Waals surface area contributed by atoms with Crippen molar-refractivity contribution in [3.8, 4) is 5.75 Å². The standard InChI is InChI=1S/C17H14ClN5O3/c1-26-15-7-4-12(18)8-14(15)17(25)21-13-5-2-11(3-6-13)16(24)22-23-9-19-20-10-23/h2-10H,1H3,(H,21,25)(H,22,24). The Labute approximate surface area is 153 Å². The van der Waals surface area contributed by atoms with Crippen LogP contribution in [-0.2, 0) is 0 Å². The largest absolute Gasteiger partial charge is 0.496 e. The van der Waals surface area contributed by atoms with E-state index in [-0.39, 0.29) is 11.8 Å². The highest BCUT2D eigenvalue weighted by Crippen LogP contribution is 2.23. The molecule has 0 fully saturated rings. The van der Waals surface area contributed by atoms with Crippen LogP contribution in [0.3, 0.4) is 0 Å². The lowest BCUT2D eigenvalue weighted by Crippen LogP contribution is -2.21. The van der Waals surface area contributed by atoms with Gasteiger partial charge in [-0.3, -0.25) is 15.0 Å². The van der Waals surface area contributed by atoms with Gasteiger partial charge >= 0.3 is 0 Å². The molecule has 3 aromatic rings. The number of amides is 2. The number of halogens is 1. The summed E-state index contributed by atoms with van der Waals surface area (Å²) in [4.78, 5) is 24.5. The highest BCUT2D eigenvalue weighted by atomic mass is 35.5. The number of aromatic nitrogens is 3. The van der Waals surface area contributed by atoms with E-state index < -0.39 is 0 Å². The van der Waals surface area contributed by atoms with Gasteiger partial charge in [0.15, 0.2) is 0 Å². The maximum atomic E-state index is 12.4. The van der Waals surface area contributed by atoms with Crippen LogP contribution in [0.15, 0.2) is 55.1 Å². The van der Waals surface area contributed by atoms with E-state index in [0.29, 0.717) is 27.6 Å². The number of anilines is 1. The third-order valence-electron chi connectivity index (χ3n) is 3.46. The van der Waals surface area contributed by atoms with Crippen molar-refractivity contribution in [2.24, 2.45) is 0 Å². The normalized spacial score (nSPS) is 10.2. The van der Waals surface area contributed by atoms with Crippen LogP contribution < -0.4 is 15.5 Å². The monoisotopic (exact) mass is 371 g/mol. The highest BCUT2D eigenvalue weighted by molar-refractivity contribution is 6.31. The molecule has 0 saturated carbocycles. The van der Waals surface area contributed by atoms with Gasteiger partial charge in [0.2, 0.25) is 0 Å². The van der Waals surface area contributed by atoms with Crippen molar-refractivity contribution in [1.29, 1.82) is 0 Å². The molecular formula is C17H14ClN5O3. The fraction of sp³-hybridized carbons (Fsp3) is 0.0588. The fourth-order valence-corrected chi connectivity index (χ4v) is 2.37. The van der Waals surface area contributed by atoms with E-state index in [9.17, 15) is 9.59 Å². The maximum absolute atomic E-state index is 12.4. The number of hydrogen-bond donors (Lipinski definition) is 2. The van der Waals surface area contributed by atoms with Crippen LogP contribution in [0.25, 0.3) is 0 Å². The molecule has 26 heavy (non-hydrogen) atoms. The van der Waals surface area contributed by atoms with Crippen molar-refractivity contribution < 1.29 is 14.3 Å². The van der Waals surface area contributed by atoms with Crippen LogP contribution in [0.5, 0.6) is 5.75 Å². The minimum absolute atomic E-state index is 0.314. The molecule has 0 aliphatic rings. The molecule has 0 atom stereocenters. The quantitative estimate of drug-likeness (QED) is 0.718. The first-order valence-corrected chi connectivity index (χ1v) is 7.85. The van der Waals surface area contributed by atoms with Crippen molar-refractivity contribution in [2.45, 2.75) is 0 Å². The molecule has 132 valence electrons. The van der Waals surface area contributed by atoms with Crippen LogP contribution >= 0.6 is 11.6 Å². The van der Waals surface area contributed by atoms with E-state index in [1.807, 2.05) is 0 Å². The number of methoxy groups -OCH3 is 1. The second kappa shape index (κ2) is 7.66. The second-order valence-corrected chi connectivity index (χ2v) is 5.62. The van der Waals surface area contributed by atoms with Crippen molar-refractivity contribution in [2.75, 3.05) is 17.9 Å². The van der Waals surface area contributed by atoms with E-state index in [2.05, 4.69) is 20.9 Å². The number of carbonyl (C=O) groups excluding carboxylic acids is 2. The zero-order valence-corrected chi connectivity index (χ0v) is 14.4. The Hall–Kier alpha value is -3.39. The molecule has 0 spiro atoms. The van der Waals surface area contributed by atoms with Crippen LogP contribution in [0, 0.1) is 0 Å². The average Bonchev–Trinajstić information content (AvgIpc) is 3.15. The summed E-state index contributed by atoms with van der Waals surface area (Å²) in [6, 6.07) is 11.2. The van der Waals surface area contributed by atoms with Gasteiger partial charge in [-0.15, -0.1) is 10.2 Å². The summed E-state index contributed by atoms with van der Waals surface area (Å²) in [6.07, 6.45) is 2.73. The smallest absolute Gasteiger partial charge is 0.270 e. The molecule has 3 rings (SSSR count). The number of rotatable bonds is 5. The predicted molar refractivity (Wildman–Crippen MR) is 96.1 cm³/mol. The number of nitrogens with one attached hydrogen (secondary N) is 2. The predicted octanol–water partition coefficient (Wildman–Crippen LogP) is 2.58. The third kappa shape index (κ3) is 3.98. The summed E-state index contributed by atoms with van der Waals surface area (Å²) in [7, 11) is 1.48. The molecule has 0 bridgehead atoms. The summed E-state index contributed by atoms with van der Waals surface area (Å²) >= 11 is 5.94. The molecule has 0 unspecified atom stereocenters. The number of ether oxygens (including phenoxy) is 1. The van der Waals surface area contributed by atoms with Gasteiger partial charge < -0.3 is 10.1 Å². The lowest BCUT2D eigenvalue weighted by Gasteiger charge is -2.10. The zero-order valence-electron chi connectivity index (χ0n) is 13.6. The van der Waals surface area contributed by atoms with E-state index in [1.165, 1.54) is 30.5 Å². The van der Waals surface area contributed by atoms with Crippen molar-refractivity contribution in [3.05, 3.63) is 71.3 Å². The maximum Gasteiger partial charge on any atom is 0.270 e. The molecule has 2 amide bonds. The molecular weight excluding hydrogens is 358 g/mol. The summed E-state index contributed by atoms with van der Waals surface area (Å²) in [5, 5.41) is 10.4. The summed E-state index contributed by atoms with van der Waals surface area (Å²) in [5.74, 6) is -0.290. The van der Waals surface area contributed by atoms with Crippen molar-refractivity contribution in [1.82, 2.24) is 14.9 Å². The Morgan fingerprint density at radius 1 is 1.04 bits per heavy atom. The van der Waals surface area contributed by atoms with E-state index in [0.717, 1.165) is 0 Å². The second-order valence-electron chi connectivity index (χ2n) is 5.19. The molecule has 2 aromatic carbocycles. The Balaban J connectivity index is 1.70. The van der Waals surface area contributed by atoms with E-state index >= 15 is 0 Å². The molecule has 9 heteroatoms. The minimum Gasteiger partial charge on any atom is -0.496 e. The van der Waals surface area contributed by atoms with Crippen LogP contribution in [-0.4, -0.2) is 33.8 Å². The van der Waals surface area contributed by atoms with Crippen LogP contribution in [0.2, 0.25) is 5.02 Å². The molecule has 0 saturated heterocycles. The highest BCUT2D eigenvalue weighted by Gasteiger charge is 2.14. The number of nitrogens with zero attached hydrogens (tertiary/aromatic N) is 3. The lowest BCUT2D eigenvalue weighted by molar-refractivity contribution is 0.100. The summed E-state index contributed by atoms with van der Waals surface area (Å²) < 4.78 is 6.51. The first-order chi connectivity index (χ1) is 12.6. The number of benzene rings is 2. The van der Waals surface area contributed by atoms with Crippen LogP contribution in [0.4, 0.5) is 5.69 Å². The molecule has 0 radical (unpaired) electrons. The Kier molecular flexibility index (Phi) is 5.14. The van der Waals surface area contributed by atoms with E-state index in [4.69, 9.17) is 16.3 Å². The number of carbonyl (C=O) groups is 2. The van der Waals surface area contributed by atoms with Crippen LogP contribution in [0.1, 0.15) is 20.7 Å². The van der Waals surface area contributed by atoms with Gasteiger partial charge in [0.1, 0.15) is 18.4 Å². The van der Waals surface area contributed by atoms with Crippen molar-refractivity contribution in [3.63, 3.8) is 0 Å². The topological polar surface area (TPSA) is 98.1 Å². The number of hydrogen-bond acceptors (Lipinski definition) is 5. The SMILES string of the molecule is COc1ccc(Cl)cc1C(=O)Nc1ccc(C(=O)Nn2cnnc2)cc1. The molecule has 1 heterocycles.